The average Bonchev–Trinajstić information content (AvgIpc) is 2.41. The van der Waals surface area contributed by atoms with Crippen LogP contribution in [0.15, 0.2) is 30.1 Å². The number of hydrogen-bond acceptors (Lipinski definition) is 2. The summed E-state index contributed by atoms with van der Waals surface area (Å²) in [7, 11) is 0. The fourth-order valence-electron chi connectivity index (χ4n) is 2.97. The van der Waals surface area contributed by atoms with Crippen LogP contribution in [0.3, 0.4) is 0 Å². The molecule has 1 aliphatic carbocycles. The summed E-state index contributed by atoms with van der Waals surface area (Å²) in [5.74, 6) is 0. The van der Waals surface area contributed by atoms with Crippen molar-refractivity contribution >= 4 is 0 Å². The zero-order valence-electron chi connectivity index (χ0n) is 13.0. The number of aryl methyl sites for hydroxylation is 1. The second-order valence-electron chi connectivity index (χ2n) is 5.91. The van der Waals surface area contributed by atoms with Crippen molar-refractivity contribution in [3.05, 3.63) is 41.2 Å². The van der Waals surface area contributed by atoms with Crippen molar-refractivity contribution in [2.45, 2.75) is 64.8 Å². The highest BCUT2D eigenvalue weighted by Gasteiger charge is 2.17. The van der Waals surface area contributed by atoms with Crippen molar-refractivity contribution < 1.29 is 0 Å². The minimum absolute atomic E-state index is 0.362. The highest BCUT2D eigenvalue weighted by atomic mass is 14.9. The van der Waals surface area contributed by atoms with Gasteiger partial charge in [-0.05, 0) is 56.7 Å². The molecule has 0 fully saturated rings. The second-order valence-corrected chi connectivity index (χ2v) is 5.91. The van der Waals surface area contributed by atoms with Crippen LogP contribution < -0.4 is 5.32 Å². The van der Waals surface area contributed by atoms with Gasteiger partial charge in [0.1, 0.15) is 0 Å². The second kappa shape index (κ2) is 8.21. The Hall–Kier alpha value is -1.15. The van der Waals surface area contributed by atoms with Gasteiger partial charge in [-0.2, -0.15) is 0 Å². The van der Waals surface area contributed by atoms with Crippen molar-refractivity contribution in [2.75, 3.05) is 6.54 Å². The van der Waals surface area contributed by atoms with E-state index in [1.54, 1.807) is 5.57 Å². The molecule has 20 heavy (non-hydrogen) atoms. The van der Waals surface area contributed by atoms with Crippen LogP contribution in [0.25, 0.3) is 0 Å². The average molecular weight is 272 g/mol. The van der Waals surface area contributed by atoms with Gasteiger partial charge in [-0.1, -0.05) is 37.5 Å². The maximum Gasteiger partial charge on any atom is 0.0551 e. The van der Waals surface area contributed by atoms with E-state index >= 15 is 0 Å². The van der Waals surface area contributed by atoms with Gasteiger partial charge in [0, 0.05) is 12.4 Å². The summed E-state index contributed by atoms with van der Waals surface area (Å²) in [6.07, 6.45) is 15.5. The normalized spacial score (nSPS) is 20.6. The molecular weight excluding hydrogens is 244 g/mol. The topological polar surface area (TPSA) is 24.9 Å². The standard InChI is InChI=1S/C18H28N2/c1-3-11-20-18(17-12-15(2)13-19-14-17)16-9-7-5-4-6-8-10-16/h9,12-14,18,20H,3-8,10-11H2,1-2H3/b16-9+. The summed E-state index contributed by atoms with van der Waals surface area (Å²) >= 11 is 0. The predicted octanol–water partition coefficient (Wildman–Crippen LogP) is 4.71. The Kier molecular flexibility index (Phi) is 6.25. The summed E-state index contributed by atoms with van der Waals surface area (Å²) in [4.78, 5) is 4.38. The van der Waals surface area contributed by atoms with Gasteiger partial charge in [-0.15, -0.1) is 0 Å². The van der Waals surface area contributed by atoms with Crippen molar-refractivity contribution in [2.24, 2.45) is 0 Å². The number of hydrogen-bond donors (Lipinski definition) is 1. The minimum Gasteiger partial charge on any atom is -0.306 e. The molecule has 0 bridgehead atoms. The molecule has 0 amide bonds. The fraction of sp³-hybridized carbons (Fsp3) is 0.611. The van der Waals surface area contributed by atoms with Crippen molar-refractivity contribution in [1.82, 2.24) is 10.3 Å². The number of nitrogens with one attached hydrogen (secondary N) is 1. The minimum atomic E-state index is 0.362. The predicted molar refractivity (Wildman–Crippen MR) is 85.8 cm³/mol. The SMILES string of the molecule is CCCNC(/C1=C/CCCCCC1)c1cncc(C)c1. The van der Waals surface area contributed by atoms with Crippen LogP contribution in [-0.4, -0.2) is 11.5 Å². The smallest absolute Gasteiger partial charge is 0.0551 e. The third-order valence-electron chi connectivity index (χ3n) is 4.02. The van der Waals surface area contributed by atoms with E-state index in [1.165, 1.54) is 56.1 Å². The summed E-state index contributed by atoms with van der Waals surface area (Å²) in [6.45, 7) is 5.42. The molecule has 1 unspecified atom stereocenters. The van der Waals surface area contributed by atoms with E-state index in [9.17, 15) is 0 Å². The highest BCUT2D eigenvalue weighted by molar-refractivity contribution is 5.28. The molecule has 0 radical (unpaired) electrons. The zero-order valence-corrected chi connectivity index (χ0v) is 13.0. The first kappa shape index (κ1) is 15.2. The number of aromatic nitrogens is 1. The molecule has 2 nitrogen and oxygen atoms in total. The molecule has 1 aliphatic rings. The molecular formula is C18H28N2. The Morgan fingerprint density at radius 1 is 1.20 bits per heavy atom. The first-order chi connectivity index (χ1) is 9.81. The van der Waals surface area contributed by atoms with E-state index in [4.69, 9.17) is 0 Å². The fourth-order valence-corrected chi connectivity index (χ4v) is 2.97. The van der Waals surface area contributed by atoms with E-state index < -0.39 is 0 Å². The van der Waals surface area contributed by atoms with E-state index in [0.29, 0.717) is 6.04 Å². The molecule has 2 rings (SSSR count). The maximum atomic E-state index is 4.38. The van der Waals surface area contributed by atoms with Crippen molar-refractivity contribution in [3.8, 4) is 0 Å². The van der Waals surface area contributed by atoms with E-state index in [0.717, 1.165) is 6.54 Å². The molecule has 0 aromatic carbocycles. The summed E-state index contributed by atoms with van der Waals surface area (Å²) in [5, 5.41) is 3.72. The molecule has 1 N–H and O–H groups in total. The number of pyridine rings is 1. The quantitative estimate of drug-likeness (QED) is 0.785. The Balaban J connectivity index is 2.21. The lowest BCUT2D eigenvalue weighted by atomic mass is 9.91. The van der Waals surface area contributed by atoms with E-state index in [-0.39, 0.29) is 0 Å². The first-order valence-electron chi connectivity index (χ1n) is 8.15. The van der Waals surface area contributed by atoms with Crippen molar-refractivity contribution in [1.29, 1.82) is 0 Å². The highest BCUT2D eigenvalue weighted by Crippen LogP contribution is 2.28. The lowest BCUT2D eigenvalue weighted by Crippen LogP contribution is -2.24. The van der Waals surface area contributed by atoms with Crippen LogP contribution in [-0.2, 0) is 0 Å². The van der Waals surface area contributed by atoms with Crippen LogP contribution in [0.2, 0.25) is 0 Å². The Morgan fingerprint density at radius 3 is 2.85 bits per heavy atom. The third kappa shape index (κ3) is 4.45. The van der Waals surface area contributed by atoms with Gasteiger partial charge < -0.3 is 5.32 Å². The molecule has 1 aromatic heterocycles. The Bertz CT molecular complexity index is 437. The van der Waals surface area contributed by atoms with E-state index in [1.807, 2.05) is 12.4 Å². The number of rotatable bonds is 5. The van der Waals surface area contributed by atoms with Crippen LogP contribution in [0.5, 0.6) is 0 Å². The maximum absolute atomic E-state index is 4.38. The van der Waals surface area contributed by atoms with Gasteiger partial charge in [0.15, 0.2) is 0 Å². The van der Waals surface area contributed by atoms with E-state index in [2.05, 4.69) is 36.3 Å². The van der Waals surface area contributed by atoms with Gasteiger partial charge >= 0.3 is 0 Å². The molecule has 0 aliphatic heterocycles. The van der Waals surface area contributed by atoms with Crippen LogP contribution in [0.4, 0.5) is 0 Å². The summed E-state index contributed by atoms with van der Waals surface area (Å²) < 4.78 is 0. The Labute approximate surface area is 123 Å². The lowest BCUT2D eigenvalue weighted by Gasteiger charge is -2.24. The number of nitrogens with zero attached hydrogens (tertiary/aromatic N) is 1. The summed E-state index contributed by atoms with van der Waals surface area (Å²) in [5.41, 5.74) is 4.15. The molecule has 2 heteroatoms. The molecule has 0 saturated heterocycles. The summed E-state index contributed by atoms with van der Waals surface area (Å²) in [6, 6.07) is 2.64. The van der Waals surface area contributed by atoms with Gasteiger partial charge in [-0.3, -0.25) is 4.98 Å². The lowest BCUT2D eigenvalue weighted by molar-refractivity contribution is 0.539. The molecule has 1 atom stereocenters. The largest absolute Gasteiger partial charge is 0.306 e. The Morgan fingerprint density at radius 2 is 2.05 bits per heavy atom. The molecule has 0 saturated carbocycles. The first-order valence-corrected chi connectivity index (χ1v) is 8.15. The van der Waals surface area contributed by atoms with Crippen LogP contribution in [0, 0.1) is 6.92 Å². The van der Waals surface area contributed by atoms with Gasteiger partial charge in [0.05, 0.1) is 6.04 Å². The van der Waals surface area contributed by atoms with Crippen LogP contribution in [0.1, 0.15) is 69.0 Å². The molecule has 0 spiro atoms. The molecule has 1 heterocycles. The van der Waals surface area contributed by atoms with Gasteiger partial charge in [-0.25, -0.2) is 0 Å². The van der Waals surface area contributed by atoms with Crippen LogP contribution >= 0.6 is 0 Å². The number of allylic oxidation sites excluding steroid dienone is 1. The third-order valence-corrected chi connectivity index (χ3v) is 4.02. The molecule has 110 valence electrons. The van der Waals surface area contributed by atoms with Crippen molar-refractivity contribution in [3.63, 3.8) is 0 Å². The zero-order chi connectivity index (χ0) is 14.2. The van der Waals surface area contributed by atoms with Gasteiger partial charge in [0.2, 0.25) is 0 Å². The monoisotopic (exact) mass is 272 g/mol. The molecule has 1 aromatic rings. The van der Waals surface area contributed by atoms with Gasteiger partial charge in [0.25, 0.3) is 0 Å².